The van der Waals surface area contributed by atoms with Gasteiger partial charge in [0.1, 0.15) is 5.15 Å². The van der Waals surface area contributed by atoms with Crippen molar-refractivity contribution in [2.75, 3.05) is 6.54 Å². The smallest absolute Gasteiger partial charge is 0.240 e. The van der Waals surface area contributed by atoms with Crippen molar-refractivity contribution in [1.82, 2.24) is 9.71 Å². The Morgan fingerprint density at radius 2 is 2.33 bits per heavy atom. The van der Waals surface area contributed by atoms with Crippen LogP contribution in [0.15, 0.2) is 23.2 Å². The molecule has 1 atom stereocenters. The van der Waals surface area contributed by atoms with E-state index in [0.717, 1.165) is 0 Å². The third kappa shape index (κ3) is 3.75. The van der Waals surface area contributed by atoms with Crippen molar-refractivity contribution in [3.8, 4) is 0 Å². The summed E-state index contributed by atoms with van der Waals surface area (Å²) in [7, 11) is -3.61. The van der Waals surface area contributed by atoms with Crippen molar-refractivity contribution in [2.24, 2.45) is 0 Å². The molecular weight excluding hydrogens is 240 g/mol. The van der Waals surface area contributed by atoms with Crippen molar-refractivity contribution in [1.29, 1.82) is 0 Å². The van der Waals surface area contributed by atoms with Crippen LogP contribution >= 0.6 is 11.6 Å². The predicted octanol–water partition coefficient (Wildman–Crippen LogP) is 0.394. The van der Waals surface area contributed by atoms with Crippen molar-refractivity contribution in [3.05, 3.63) is 23.5 Å². The molecule has 0 aromatic carbocycles. The van der Waals surface area contributed by atoms with Gasteiger partial charge in [-0.3, -0.25) is 0 Å². The van der Waals surface area contributed by atoms with E-state index in [1.165, 1.54) is 25.3 Å². The molecule has 0 aliphatic rings. The zero-order valence-electron chi connectivity index (χ0n) is 8.01. The van der Waals surface area contributed by atoms with Gasteiger partial charge >= 0.3 is 0 Å². The average Bonchev–Trinajstić information content (AvgIpc) is 2.15. The van der Waals surface area contributed by atoms with Crippen LogP contribution in [0.25, 0.3) is 0 Å². The minimum atomic E-state index is -3.61. The highest BCUT2D eigenvalue weighted by Crippen LogP contribution is 2.12. The monoisotopic (exact) mass is 250 g/mol. The molecule has 0 amide bonds. The number of sulfonamides is 1. The molecule has 0 fully saturated rings. The fourth-order valence-electron chi connectivity index (χ4n) is 0.865. The molecule has 0 radical (unpaired) electrons. The first-order chi connectivity index (χ1) is 6.92. The maximum absolute atomic E-state index is 11.6. The zero-order chi connectivity index (χ0) is 11.5. The van der Waals surface area contributed by atoms with E-state index >= 15 is 0 Å². The standard InChI is InChI=1S/C8H11ClN2O3S/c1-6(12)5-11-15(13,14)7-2-3-10-8(9)4-7/h2-4,6,11-12H,5H2,1H3/t6-/m0/s1. The second-order valence-electron chi connectivity index (χ2n) is 3.02. The molecule has 7 heteroatoms. The first-order valence-electron chi connectivity index (χ1n) is 4.21. The zero-order valence-corrected chi connectivity index (χ0v) is 9.59. The fourth-order valence-corrected chi connectivity index (χ4v) is 2.24. The predicted molar refractivity (Wildman–Crippen MR) is 56.1 cm³/mol. The largest absolute Gasteiger partial charge is 0.392 e. The summed E-state index contributed by atoms with van der Waals surface area (Å²) in [5, 5.41) is 9.06. The highest BCUT2D eigenvalue weighted by atomic mass is 35.5. The first-order valence-corrected chi connectivity index (χ1v) is 6.07. The molecule has 0 saturated carbocycles. The van der Waals surface area contributed by atoms with Gasteiger partial charge in [-0.15, -0.1) is 0 Å². The Morgan fingerprint density at radius 1 is 1.67 bits per heavy atom. The Kier molecular flexibility index (Phi) is 4.04. The summed E-state index contributed by atoms with van der Waals surface area (Å²) < 4.78 is 25.4. The molecule has 1 rings (SSSR count). The van der Waals surface area contributed by atoms with Crippen LogP contribution in [-0.4, -0.2) is 31.2 Å². The van der Waals surface area contributed by atoms with Gasteiger partial charge in [0.05, 0.1) is 11.0 Å². The number of aliphatic hydroxyl groups excluding tert-OH is 1. The van der Waals surface area contributed by atoms with Crippen molar-refractivity contribution in [3.63, 3.8) is 0 Å². The van der Waals surface area contributed by atoms with Gasteiger partial charge in [0.2, 0.25) is 10.0 Å². The van der Waals surface area contributed by atoms with Gasteiger partial charge < -0.3 is 5.11 Å². The van der Waals surface area contributed by atoms with Gasteiger partial charge in [-0.25, -0.2) is 18.1 Å². The molecule has 0 aliphatic heterocycles. The fraction of sp³-hybridized carbons (Fsp3) is 0.375. The molecule has 5 nitrogen and oxygen atoms in total. The van der Waals surface area contributed by atoms with Crippen molar-refractivity contribution in [2.45, 2.75) is 17.9 Å². The van der Waals surface area contributed by atoms with Gasteiger partial charge in [-0.05, 0) is 19.1 Å². The van der Waals surface area contributed by atoms with Crippen molar-refractivity contribution >= 4 is 21.6 Å². The second kappa shape index (κ2) is 4.89. The molecule has 0 unspecified atom stereocenters. The van der Waals surface area contributed by atoms with Crippen LogP contribution in [0.3, 0.4) is 0 Å². The summed E-state index contributed by atoms with van der Waals surface area (Å²) in [4.78, 5) is 3.70. The van der Waals surface area contributed by atoms with Gasteiger partial charge in [-0.2, -0.15) is 0 Å². The molecule has 0 spiro atoms. The number of hydrogen-bond donors (Lipinski definition) is 2. The van der Waals surface area contributed by atoms with Crippen LogP contribution in [0.4, 0.5) is 0 Å². The van der Waals surface area contributed by atoms with Gasteiger partial charge in [0, 0.05) is 12.7 Å². The Labute approximate surface area is 93.2 Å². The Hall–Kier alpha value is -0.690. The van der Waals surface area contributed by atoms with Gasteiger partial charge in [0.15, 0.2) is 0 Å². The van der Waals surface area contributed by atoms with E-state index in [4.69, 9.17) is 16.7 Å². The van der Waals surface area contributed by atoms with E-state index in [9.17, 15) is 8.42 Å². The molecule has 2 N–H and O–H groups in total. The topological polar surface area (TPSA) is 79.3 Å². The van der Waals surface area contributed by atoms with E-state index in [-0.39, 0.29) is 16.6 Å². The lowest BCUT2D eigenvalue weighted by molar-refractivity contribution is 0.198. The number of aliphatic hydroxyl groups is 1. The number of aromatic nitrogens is 1. The molecule has 15 heavy (non-hydrogen) atoms. The highest BCUT2D eigenvalue weighted by molar-refractivity contribution is 7.89. The van der Waals surface area contributed by atoms with Gasteiger partial charge in [0.25, 0.3) is 0 Å². The average molecular weight is 251 g/mol. The molecule has 1 aromatic heterocycles. The SMILES string of the molecule is C[C@H](O)CNS(=O)(=O)c1ccnc(Cl)c1. The van der Waals surface area contributed by atoms with Crippen LogP contribution in [0.2, 0.25) is 5.15 Å². The van der Waals surface area contributed by atoms with E-state index in [1.54, 1.807) is 0 Å². The molecule has 1 heterocycles. The number of nitrogens with zero attached hydrogens (tertiary/aromatic N) is 1. The lowest BCUT2D eigenvalue weighted by Gasteiger charge is -2.07. The normalized spacial score (nSPS) is 13.8. The van der Waals surface area contributed by atoms with Crippen molar-refractivity contribution < 1.29 is 13.5 Å². The summed E-state index contributed by atoms with van der Waals surface area (Å²) >= 11 is 5.56. The Morgan fingerprint density at radius 3 is 2.87 bits per heavy atom. The lowest BCUT2D eigenvalue weighted by Crippen LogP contribution is -2.30. The third-order valence-electron chi connectivity index (χ3n) is 1.58. The number of pyridine rings is 1. The first kappa shape index (κ1) is 12.4. The minimum absolute atomic E-state index is 0.0307. The maximum Gasteiger partial charge on any atom is 0.240 e. The van der Waals surface area contributed by atoms with Crippen LogP contribution in [-0.2, 0) is 10.0 Å². The number of hydrogen-bond acceptors (Lipinski definition) is 4. The maximum atomic E-state index is 11.6. The van der Waals surface area contributed by atoms with Crippen LogP contribution in [0, 0.1) is 0 Å². The Balaban J connectivity index is 2.87. The summed E-state index contributed by atoms with van der Waals surface area (Å²) in [6, 6.07) is 2.57. The lowest BCUT2D eigenvalue weighted by atomic mass is 10.4. The number of nitrogens with one attached hydrogen (secondary N) is 1. The Bertz CT molecular complexity index is 433. The number of halogens is 1. The van der Waals surface area contributed by atoms with E-state index in [0.29, 0.717) is 0 Å². The molecule has 0 aliphatic carbocycles. The summed E-state index contributed by atoms with van der Waals surface area (Å²) in [5.74, 6) is 0. The molecule has 1 aromatic rings. The minimum Gasteiger partial charge on any atom is -0.392 e. The van der Waals surface area contributed by atoms with Crippen LogP contribution in [0.5, 0.6) is 0 Å². The molecule has 0 bridgehead atoms. The van der Waals surface area contributed by atoms with Gasteiger partial charge in [-0.1, -0.05) is 11.6 Å². The van der Waals surface area contributed by atoms with E-state index < -0.39 is 16.1 Å². The van der Waals surface area contributed by atoms with E-state index in [2.05, 4.69) is 9.71 Å². The molecule has 0 saturated heterocycles. The summed E-state index contributed by atoms with van der Waals surface area (Å²) in [5.41, 5.74) is 0. The number of rotatable bonds is 4. The van der Waals surface area contributed by atoms with E-state index in [1.807, 2.05) is 0 Å². The molecular formula is C8H11ClN2O3S. The van der Waals surface area contributed by atoms with Crippen LogP contribution < -0.4 is 4.72 Å². The summed E-state index contributed by atoms with van der Waals surface area (Å²) in [6.45, 7) is 1.45. The second-order valence-corrected chi connectivity index (χ2v) is 5.17. The third-order valence-corrected chi connectivity index (χ3v) is 3.21. The quantitative estimate of drug-likeness (QED) is 0.758. The highest BCUT2D eigenvalue weighted by Gasteiger charge is 2.14. The molecule has 84 valence electrons. The summed E-state index contributed by atoms with van der Waals surface area (Å²) in [6.07, 6.45) is 0.566. The van der Waals surface area contributed by atoms with Crippen LogP contribution in [0.1, 0.15) is 6.92 Å².